The number of hydrogen-bond acceptors (Lipinski definition) is 3. The van der Waals surface area contributed by atoms with Crippen LogP contribution in [0.5, 0.6) is 0 Å². The van der Waals surface area contributed by atoms with Crippen LogP contribution in [-0.2, 0) is 12.6 Å². The molecule has 1 spiro atoms. The molecule has 172 valence electrons. The molecule has 1 aromatic rings. The first-order valence-corrected chi connectivity index (χ1v) is 10.5. The van der Waals surface area contributed by atoms with Crippen LogP contribution in [0.1, 0.15) is 57.7 Å². The number of nitrogens with zero attached hydrogens (tertiary/aromatic N) is 4. The van der Waals surface area contributed by atoms with Crippen molar-refractivity contribution in [3.63, 3.8) is 0 Å². The summed E-state index contributed by atoms with van der Waals surface area (Å²) in [5.41, 5.74) is -2.70. The molecular formula is C20H33F3IN5O. The minimum atomic E-state index is -4.83. The highest BCUT2D eigenvalue weighted by Crippen LogP contribution is 2.44. The number of hydrogen-bond donors (Lipinski definition) is 2. The van der Waals surface area contributed by atoms with E-state index in [1.165, 1.54) is 56.1 Å². The first-order chi connectivity index (χ1) is 13.7. The molecule has 3 rings (SSSR count). The second kappa shape index (κ2) is 10.1. The molecule has 2 fully saturated rings. The van der Waals surface area contributed by atoms with E-state index in [0.29, 0.717) is 17.9 Å². The van der Waals surface area contributed by atoms with Gasteiger partial charge >= 0.3 is 6.18 Å². The summed E-state index contributed by atoms with van der Waals surface area (Å²) in [6.45, 7) is 4.22. The topological polar surface area (TPSA) is 65.7 Å². The molecule has 0 radical (unpaired) electrons. The lowest BCUT2D eigenvalue weighted by molar-refractivity contribution is -0.272. The third-order valence-corrected chi connectivity index (χ3v) is 6.38. The maximum absolute atomic E-state index is 13.7. The highest BCUT2D eigenvalue weighted by molar-refractivity contribution is 14.0. The zero-order valence-electron chi connectivity index (χ0n) is 17.7. The van der Waals surface area contributed by atoms with E-state index < -0.39 is 24.0 Å². The fourth-order valence-corrected chi connectivity index (χ4v) is 4.72. The Bertz CT molecular complexity index is 718. The monoisotopic (exact) mass is 543 g/mol. The number of alkyl halides is 3. The van der Waals surface area contributed by atoms with Crippen molar-refractivity contribution in [3.05, 3.63) is 18.2 Å². The van der Waals surface area contributed by atoms with Gasteiger partial charge in [0, 0.05) is 52.0 Å². The summed E-state index contributed by atoms with van der Waals surface area (Å²) in [7, 11) is 1.44. The van der Waals surface area contributed by atoms with Crippen molar-refractivity contribution < 1.29 is 18.3 Å². The van der Waals surface area contributed by atoms with Gasteiger partial charge in [-0.15, -0.1) is 24.0 Å². The number of aryl methyl sites for hydroxylation is 1. The van der Waals surface area contributed by atoms with Crippen LogP contribution in [0.4, 0.5) is 13.2 Å². The molecule has 1 saturated heterocycles. The van der Waals surface area contributed by atoms with Gasteiger partial charge in [-0.25, -0.2) is 4.98 Å². The molecule has 1 aliphatic heterocycles. The summed E-state index contributed by atoms with van der Waals surface area (Å²) < 4.78 is 42.2. The maximum atomic E-state index is 13.7. The molecule has 2 heterocycles. The van der Waals surface area contributed by atoms with Crippen molar-refractivity contribution in [3.8, 4) is 0 Å². The fraction of sp³-hybridized carbons (Fsp3) is 0.800. The first kappa shape index (κ1) is 25.2. The van der Waals surface area contributed by atoms with Gasteiger partial charge < -0.3 is 19.9 Å². The Labute approximate surface area is 193 Å². The molecule has 1 saturated carbocycles. The second-order valence-electron chi connectivity index (χ2n) is 8.44. The predicted molar refractivity (Wildman–Crippen MR) is 121 cm³/mol. The molecule has 30 heavy (non-hydrogen) atoms. The molecule has 1 aromatic heterocycles. The van der Waals surface area contributed by atoms with Crippen molar-refractivity contribution in [2.24, 2.45) is 17.5 Å². The van der Waals surface area contributed by atoms with Crippen LogP contribution in [0.3, 0.4) is 0 Å². The number of aromatic nitrogens is 2. The number of nitrogens with one attached hydrogen (secondary N) is 1. The van der Waals surface area contributed by atoms with Gasteiger partial charge in [0.15, 0.2) is 5.96 Å². The number of aliphatic imine (C=N–C) groups is 1. The van der Waals surface area contributed by atoms with E-state index in [9.17, 15) is 18.3 Å². The Morgan fingerprint density at radius 3 is 2.53 bits per heavy atom. The van der Waals surface area contributed by atoms with Gasteiger partial charge in [0.2, 0.25) is 5.60 Å². The zero-order chi connectivity index (χ0) is 21.1. The van der Waals surface area contributed by atoms with Crippen molar-refractivity contribution in [1.82, 2.24) is 19.8 Å². The smallest absolute Gasteiger partial charge is 0.374 e. The van der Waals surface area contributed by atoms with Crippen molar-refractivity contribution in [1.29, 1.82) is 0 Å². The Kier molecular flexibility index (Phi) is 8.45. The third kappa shape index (κ3) is 5.23. The fourth-order valence-electron chi connectivity index (χ4n) is 4.72. The van der Waals surface area contributed by atoms with E-state index in [2.05, 4.69) is 20.2 Å². The Hall–Kier alpha value is -1.04. The van der Waals surface area contributed by atoms with Gasteiger partial charge in [-0.05, 0) is 31.6 Å². The molecule has 2 aliphatic rings. The van der Waals surface area contributed by atoms with E-state index in [4.69, 9.17) is 0 Å². The molecule has 10 heteroatoms. The average Bonchev–Trinajstić information content (AvgIpc) is 3.27. The second-order valence-corrected chi connectivity index (χ2v) is 8.44. The first-order valence-electron chi connectivity index (χ1n) is 10.5. The van der Waals surface area contributed by atoms with Crippen molar-refractivity contribution in [2.75, 3.05) is 26.2 Å². The zero-order valence-corrected chi connectivity index (χ0v) is 20.0. The summed E-state index contributed by atoms with van der Waals surface area (Å²) >= 11 is 0. The minimum Gasteiger partial charge on any atom is -0.374 e. The molecule has 2 N–H and O–H groups in total. The summed E-state index contributed by atoms with van der Waals surface area (Å²) in [4.78, 5) is 10.4. The van der Waals surface area contributed by atoms with Crippen LogP contribution < -0.4 is 5.32 Å². The molecule has 0 bridgehead atoms. The van der Waals surface area contributed by atoms with Gasteiger partial charge in [0.1, 0.15) is 5.82 Å². The average molecular weight is 543 g/mol. The lowest BCUT2D eigenvalue weighted by Gasteiger charge is -2.34. The van der Waals surface area contributed by atoms with Crippen molar-refractivity contribution in [2.45, 2.75) is 63.6 Å². The van der Waals surface area contributed by atoms with Crippen LogP contribution in [0.25, 0.3) is 0 Å². The third-order valence-electron chi connectivity index (χ3n) is 6.38. The number of halogens is 4. The number of imidazole rings is 1. The lowest BCUT2D eigenvalue weighted by Crippen LogP contribution is -2.45. The number of aliphatic hydroxyl groups is 1. The molecule has 1 unspecified atom stereocenters. The summed E-state index contributed by atoms with van der Waals surface area (Å²) in [5.74, 6) is 0.229. The largest absolute Gasteiger partial charge is 0.424 e. The van der Waals surface area contributed by atoms with Crippen LogP contribution in [0.15, 0.2) is 17.4 Å². The van der Waals surface area contributed by atoms with Gasteiger partial charge in [0.25, 0.3) is 0 Å². The predicted octanol–water partition coefficient (Wildman–Crippen LogP) is 3.80. The Morgan fingerprint density at radius 2 is 1.97 bits per heavy atom. The molecular weight excluding hydrogens is 510 g/mol. The van der Waals surface area contributed by atoms with E-state index in [1.807, 2.05) is 6.92 Å². The van der Waals surface area contributed by atoms with Crippen LogP contribution in [-0.4, -0.2) is 57.9 Å². The highest BCUT2D eigenvalue weighted by atomic mass is 127. The lowest BCUT2D eigenvalue weighted by atomic mass is 9.73. The number of likely N-dealkylation sites (tertiary alicyclic amines) is 1. The number of guanidine groups is 1. The molecule has 1 atom stereocenters. The van der Waals surface area contributed by atoms with E-state index in [-0.39, 0.29) is 30.5 Å². The number of rotatable bonds is 5. The van der Waals surface area contributed by atoms with Crippen LogP contribution in [0.2, 0.25) is 0 Å². The maximum Gasteiger partial charge on any atom is 0.424 e. The van der Waals surface area contributed by atoms with E-state index in [1.54, 1.807) is 0 Å². The molecule has 0 amide bonds. The van der Waals surface area contributed by atoms with E-state index >= 15 is 0 Å². The summed E-state index contributed by atoms with van der Waals surface area (Å²) in [5, 5.41) is 13.7. The molecule has 1 aliphatic carbocycles. The van der Waals surface area contributed by atoms with Crippen LogP contribution >= 0.6 is 24.0 Å². The van der Waals surface area contributed by atoms with Gasteiger partial charge in [0.05, 0.1) is 0 Å². The Balaban J connectivity index is 0.00000320. The quantitative estimate of drug-likeness (QED) is 0.337. The van der Waals surface area contributed by atoms with Gasteiger partial charge in [-0.2, -0.15) is 13.2 Å². The van der Waals surface area contributed by atoms with Gasteiger partial charge in [-0.1, -0.05) is 19.3 Å². The molecule has 6 nitrogen and oxygen atoms in total. The minimum absolute atomic E-state index is 0. The van der Waals surface area contributed by atoms with Gasteiger partial charge in [-0.3, -0.25) is 4.99 Å². The SMILES string of the molecule is CCNC(=NCCC(O)(c1nccn1C)C(F)(F)F)N1CCC2(CCCCC2)C1.I. The standard InChI is InChI=1S/C20H32F3N5O.HI/c1-3-24-17(28-13-10-18(15-28)7-5-4-6-8-18)26-11-9-19(29,20(21,22)23)16-25-12-14-27(16)2;/h12,14,29H,3-11,13,15H2,1-2H3,(H,24,26);1H. The summed E-state index contributed by atoms with van der Waals surface area (Å²) in [6.07, 6.45) is 4.59. The Morgan fingerprint density at radius 1 is 1.27 bits per heavy atom. The summed E-state index contributed by atoms with van der Waals surface area (Å²) in [6, 6.07) is 0. The van der Waals surface area contributed by atoms with Crippen molar-refractivity contribution >= 4 is 29.9 Å². The molecule has 0 aromatic carbocycles. The van der Waals surface area contributed by atoms with Crippen LogP contribution in [0, 0.1) is 5.41 Å². The van der Waals surface area contributed by atoms with E-state index in [0.717, 1.165) is 19.5 Å². The highest BCUT2D eigenvalue weighted by Gasteiger charge is 2.57. The normalized spacial score (nSPS) is 21.4.